The van der Waals surface area contributed by atoms with Crippen molar-refractivity contribution in [3.8, 4) is 0 Å². The largest absolute Gasteiger partial charge is 0.356 e. The van der Waals surface area contributed by atoms with E-state index in [-0.39, 0.29) is 11.8 Å². The van der Waals surface area contributed by atoms with E-state index in [9.17, 15) is 4.79 Å². The van der Waals surface area contributed by atoms with Crippen molar-refractivity contribution >= 4 is 32.7 Å². The summed E-state index contributed by atoms with van der Waals surface area (Å²) in [5.74, 6) is 0.267. The summed E-state index contributed by atoms with van der Waals surface area (Å²) >= 11 is 1.61. The molecule has 3 rings (SSSR count). The summed E-state index contributed by atoms with van der Waals surface area (Å²) in [6, 6.07) is 3.90. The maximum absolute atomic E-state index is 12.3. The summed E-state index contributed by atoms with van der Waals surface area (Å²) in [6.07, 6.45) is 5.96. The van der Waals surface area contributed by atoms with Crippen molar-refractivity contribution in [3.05, 3.63) is 18.3 Å². The maximum Gasteiger partial charge on any atom is 0.224 e. The number of nitrogens with zero attached hydrogens (tertiary/aromatic N) is 3. The van der Waals surface area contributed by atoms with Crippen LogP contribution in [0.4, 0.5) is 5.13 Å². The smallest absolute Gasteiger partial charge is 0.224 e. The van der Waals surface area contributed by atoms with Crippen LogP contribution in [0.5, 0.6) is 0 Å². The van der Waals surface area contributed by atoms with Gasteiger partial charge in [-0.1, -0.05) is 24.7 Å². The molecule has 1 aliphatic rings. The minimum Gasteiger partial charge on any atom is -0.356 e. The van der Waals surface area contributed by atoms with Gasteiger partial charge in [-0.25, -0.2) is 9.97 Å². The number of amides is 1. The van der Waals surface area contributed by atoms with Crippen LogP contribution in [0.2, 0.25) is 0 Å². The van der Waals surface area contributed by atoms with Gasteiger partial charge in [-0.15, -0.1) is 0 Å². The molecule has 2 aromatic heterocycles. The van der Waals surface area contributed by atoms with Crippen LogP contribution in [-0.2, 0) is 4.79 Å². The first-order valence-corrected chi connectivity index (χ1v) is 8.84. The second-order valence-electron chi connectivity index (χ2n) is 5.75. The van der Waals surface area contributed by atoms with Crippen molar-refractivity contribution in [1.82, 2.24) is 15.3 Å². The van der Waals surface area contributed by atoms with Crippen LogP contribution in [0.3, 0.4) is 0 Å². The lowest BCUT2D eigenvalue weighted by Crippen LogP contribution is -2.43. The number of carbonyl (C=O) groups excluding carboxylic acids is 1. The van der Waals surface area contributed by atoms with E-state index in [1.54, 1.807) is 17.5 Å². The number of fused-ring (bicyclic) bond motifs is 1. The van der Waals surface area contributed by atoms with E-state index in [0.29, 0.717) is 0 Å². The Morgan fingerprint density at radius 1 is 1.55 bits per heavy atom. The molecule has 1 fully saturated rings. The lowest BCUT2D eigenvalue weighted by Gasteiger charge is -2.31. The Hall–Kier alpha value is -1.69. The molecule has 0 unspecified atom stereocenters. The molecule has 2 aromatic rings. The maximum atomic E-state index is 12.3. The summed E-state index contributed by atoms with van der Waals surface area (Å²) < 4.78 is 0. The standard InChI is InChI=1S/C16H22N4OS/c1-2-3-8-17-14(21)12-6-5-10-20(11-12)16-19-13-7-4-9-18-15(13)22-16/h4,7,9,12H,2-3,5-6,8,10-11H2,1H3,(H,17,21)/t12-/m0/s1. The van der Waals surface area contributed by atoms with Crippen LogP contribution in [0.15, 0.2) is 18.3 Å². The van der Waals surface area contributed by atoms with Crippen molar-refractivity contribution in [2.45, 2.75) is 32.6 Å². The van der Waals surface area contributed by atoms with Gasteiger partial charge >= 0.3 is 0 Å². The third kappa shape index (κ3) is 3.38. The molecule has 118 valence electrons. The molecule has 1 N–H and O–H groups in total. The van der Waals surface area contributed by atoms with Crippen LogP contribution in [-0.4, -0.2) is 35.5 Å². The van der Waals surface area contributed by atoms with Gasteiger partial charge < -0.3 is 10.2 Å². The number of pyridine rings is 1. The Labute approximate surface area is 134 Å². The molecule has 1 amide bonds. The summed E-state index contributed by atoms with van der Waals surface area (Å²) in [6.45, 7) is 4.66. The Kier molecular flexibility index (Phi) is 4.87. The Balaban J connectivity index is 1.66. The zero-order valence-corrected chi connectivity index (χ0v) is 13.7. The molecule has 0 aliphatic carbocycles. The van der Waals surface area contributed by atoms with E-state index in [0.717, 1.165) is 60.8 Å². The first-order chi connectivity index (χ1) is 10.8. The minimum absolute atomic E-state index is 0.0746. The summed E-state index contributed by atoms with van der Waals surface area (Å²) in [5.41, 5.74) is 0.942. The van der Waals surface area contributed by atoms with E-state index < -0.39 is 0 Å². The van der Waals surface area contributed by atoms with E-state index >= 15 is 0 Å². The SMILES string of the molecule is CCCCNC(=O)[C@H]1CCCN(c2nc3cccnc3s2)C1. The predicted molar refractivity (Wildman–Crippen MR) is 90.3 cm³/mol. The summed E-state index contributed by atoms with van der Waals surface area (Å²) in [4.78, 5) is 24.5. The van der Waals surface area contributed by atoms with Crippen LogP contribution in [0, 0.1) is 5.92 Å². The highest BCUT2D eigenvalue weighted by Crippen LogP contribution is 2.30. The van der Waals surface area contributed by atoms with E-state index in [4.69, 9.17) is 0 Å². The zero-order valence-electron chi connectivity index (χ0n) is 12.9. The van der Waals surface area contributed by atoms with Crippen molar-refractivity contribution in [2.75, 3.05) is 24.5 Å². The fraction of sp³-hybridized carbons (Fsp3) is 0.562. The number of unbranched alkanes of at least 4 members (excludes halogenated alkanes) is 1. The van der Waals surface area contributed by atoms with Gasteiger partial charge in [0.15, 0.2) is 5.13 Å². The molecular formula is C16H22N4OS. The van der Waals surface area contributed by atoms with Crippen LogP contribution in [0.1, 0.15) is 32.6 Å². The molecule has 6 heteroatoms. The molecule has 1 saturated heterocycles. The first kappa shape index (κ1) is 15.2. The van der Waals surface area contributed by atoms with Gasteiger partial charge in [0.25, 0.3) is 0 Å². The molecule has 3 heterocycles. The van der Waals surface area contributed by atoms with Gasteiger partial charge in [0.2, 0.25) is 5.91 Å². The number of carbonyl (C=O) groups is 1. The third-order valence-electron chi connectivity index (χ3n) is 4.05. The number of hydrogen-bond donors (Lipinski definition) is 1. The number of piperidine rings is 1. The molecule has 5 nitrogen and oxygen atoms in total. The fourth-order valence-corrected chi connectivity index (χ4v) is 3.73. The second-order valence-corrected chi connectivity index (χ2v) is 6.71. The average molecular weight is 318 g/mol. The van der Waals surface area contributed by atoms with Gasteiger partial charge in [-0.05, 0) is 31.4 Å². The molecule has 22 heavy (non-hydrogen) atoms. The van der Waals surface area contributed by atoms with Crippen molar-refractivity contribution < 1.29 is 4.79 Å². The van der Waals surface area contributed by atoms with Crippen LogP contribution < -0.4 is 10.2 Å². The van der Waals surface area contributed by atoms with Gasteiger partial charge in [-0.3, -0.25) is 4.79 Å². The van der Waals surface area contributed by atoms with Gasteiger partial charge in [0, 0.05) is 25.8 Å². The molecule has 0 aromatic carbocycles. The van der Waals surface area contributed by atoms with Gasteiger partial charge in [0.1, 0.15) is 10.3 Å². The van der Waals surface area contributed by atoms with E-state index in [2.05, 4.69) is 27.1 Å². The fourth-order valence-electron chi connectivity index (χ4n) is 2.79. The number of rotatable bonds is 5. The molecule has 0 radical (unpaired) electrons. The number of nitrogens with one attached hydrogen (secondary N) is 1. The Bertz CT molecular complexity index is 609. The normalized spacial score (nSPS) is 18.6. The second kappa shape index (κ2) is 7.05. The third-order valence-corrected chi connectivity index (χ3v) is 5.09. The quantitative estimate of drug-likeness (QED) is 0.861. The minimum atomic E-state index is 0.0746. The van der Waals surface area contributed by atoms with Crippen LogP contribution >= 0.6 is 11.3 Å². The summed E-state index contributed by atoms with van der Waals surface area (Å²) in [5, 5.41) is 4.04. The highest BCUT2D eigenvalue weighted by molar-refractivity contribution is 7.21. The highest BCUT2D eigenvalue weighted by Gasteiger charge is 2.27. The lowest BCUT2D eigenvalue weighted by molar-refractivity contribution is -0.125. The molecule has 0 bridgehead atoms. The van der Waals surface area contributed by atoms with Crippen molar-refractivity contribution in [3.63, 3.8) is 0 Å². The van der Waals surface area contributed by atoms with E-state index in [1.807, 2.05) is 12.1 Å². The average Bonchev–Trinajstić information content (AvgIpc) is 2.99. The lowest BCUT2D eigenvalue weighted by atomic mass is 9.97. The summed E-state index contributed by atoms with van der Waals surface area (Å²) in [7, 11) is 0. The zero-order chi connectivity index (χ0) is 15.4. The monoisotopic (exact) mass is 318 g/mol. The molecule has 0 saturated carbocycles. The highest BCUT2D eigenvalue weighted by atomic mass is 32.1. The van der Waals surface area contributed by atoms with Gasteiger partial charge in [-0.2, -0.15) is 0 Å². The first-order valence-electron chi connectivity index (χ1n) is 8.02. The number of thiazole rings is 1. The number of anilines is 1. The van der Waals surface area contributed by atoms with Crippen LogP contribution in [0.25, 0.3) is 10.3 Å². The van der Waals surface area contributed by atoms with Crippen molar-refractivity contribution in [2.24, 2.45) is 5.92 Å². The van der Waals surface area contributed by atoms with Gasteiger partial charge in [0.05, 0.1) is 5.92 Å². The molecule has 0 spiro atoms. The predicted octanol–water partition coefficient (Wildman–Crippen LogP) is 2.82. The molecule has 1 atom stereocenters. The number of hydrogen-bond acceptors (Lipinski definition) is 5. The Morgan fingerprint density at radius 2 is 2.45 bits per heavy atom. The number of aromatic nitrogens is 2. The molecule has 1 aliphatic heterocycles. The topological polar surface area (TPSA) is 58.1 Å². The van der Waals surface area contributed by atoms with Crippen molar-refractivity contribution in [1.29, 1.82) is 0 Å². The van der Waals surface area contributed by atoms with E-state index in [1.165, 1.54) is 0 Å². The molecular weight excluding hydrogens is 296 g/mol. The Morgan fingerprint density at radius 3 is 3.27 bits per heavy atom.